The van der Waals surface area contributed by atoms with E-state index in [1.807, 2.05) is 47.2 Å². The van der Waals surface area contributed by atoms with Crippen molar-refractivity contribution >= 4 is 34.6 Å². The SMILES string of the molecule is CN(Cc1ccsc1)C(=O)C1=NN(c2ccccc2)C(C(N)=O)C1. The highest BCUT2D eigenvalue weighted by atomic mass is 32.1. The summed E-state index contributed by atoms with van der Waals surface area (Å²) in [5, 5.41) is 9.88. The lowest BCUT2D eigenvalue weighted by molar-refractivity contribution is -0.123. The molecular formula is C17H18N4O2S. The fourth-order valence-electron chi connectivity index (χ4n) is 2.63. The van der Waals surface area contributed by atoms with Gasteiger partial charge in [-0.3, -0.25) is 14.6 Å². The largest absolute Gasteiger partial charge is 0.368 e. The predicted octanol–water partition coefficient (Wildman–Crippen LogP) is 1.83. The number of hydrogen-bond donors (Lipinski definition) is 1. The van der Waals surface area contributed by atoms with Gasteiger partial charge in [0.2, 0.25) is 5.91 Å². The molecule has 0 saturated heterocycles. The van der Waals surface area contributed by atoms with Crippen molar-refractivity contribution in [1.29, 1.82) is 0 Å². The zero-order valence-corrected chi connectivity index (χ0v) is 14.1. The Morgan fingerprint density at radius 1 is 1.33 bits per heavy atom. The Hall–Kier alpha value is -2.67. The van der Waals surface area contributed by atoms with Crippen molar-refractivity contribution < 1.29 is 9.59 Å². The van der Waals surface area contributed by atoms with Gasteiger partial charge in [0.05, 0.1) is 5.69 Å². The molecule has 2 N–H and O–H groups in total. The molecule has 1 aromatic heterocycles. The van der Waals surface area contributed by atoms with Gasteiger partial charge >= 0.3 is 0 Å². The van der Waals surface area contributed by atoms with Crippen LogP contribution in [0.1, 0.15) is 12.0 Å². The third-order valence-corrected chi connectivity index (χ3v) is 4.58. The Morgan fingerprint density at radius 3 is 2.71 bits per heavy atom. The molecule has 2 amide bonds. The molecule has 3 rings (SSSR count). The second kappa shape index (κ2) is 6.84. The van der Waals surface area contributed by atoms with Crippen molar-refractivity contribution in [2.45, 2.75) is 19.0 Å². The van der Waals surface area contributed by atoms with Crippen LogP contribution in [0, 0.1) is 0 Å². The van der Waals surface area contributed by atoms with Crippen LogP contribution < -0.4 is 10.7 Å². The van der Waals surface area contributed by atoms with E-state index in [4.69, 9.17) is 5.73 Å². The molecule has 0 bridgehead atoms. The summed E-state index contributed by atoms with van der Waals surface area (Å²) < 4.78 is 0. The molecule has 1 aromatic carbocycles. The Balaban J connectivity index is 1.80. The van der Waals surface area contributed by atoms with Gasteiger partial charge in [-0.25, -0.2) is 0 Å². The molecule has 1 aliphatic rings. The highest BCUT2D eigenvalue weighted by Crippen LogP contribution is 2.25. The molecule has 2 aromatic rings. The summed E-state index contributed by atoms with van der Waals surface area (Å²) in [6.07, 6.45) is 0.219. The summed E-state index contributed by atoms with van der Waals surface area (Å²) in [5.41, 5.74) is 7.65. The number of hydrogen-bond acceptors (Lipinski definition) is 5. The van der Waals surface area contributed by atoms with Crippen molar-refractivity contribution in [3.05, 3.63) is 52.7 Å². The van der Waals surface area contributed by atoms with Crippen molar-refractivity contribution in [2.24, 2.45) is 10.8 Å². The number of primary amides is 1. The first-order chi connectivity index (χ1) is 11.6. The van der Waals surface area contributed by atoms with Gasteiger partial charge in [0.25, 0.3) is 5.91 Å². The van der Waals surface area contributed by atoms with Crippen molar-refractivity contribution in [3.63, 3.8) is 0 Å². The van der Waals surface area contributed by atoms with E-state index in [0.29, 0.717) is 12.3 Å². The molecule has 0 fully saturated rings. The minimum absolute atomic E-state index is 0.189. The lowest BCUT2D eigenvalue weighted by Gasteiger charge is -2.20. The van der Waals surface area contributed by atoms with E-state index >= 15 is 0 Å². The monoisotopic (exact) mass is 342 g/mol. The fraction of sp³-hybridized carbons (Fsp3) is 0.235. The van der Waals surface area contributed by atoms with Gasteiger partial charge in [-0.2, -0.15) is 16.4 Å². The first-order valence-electron chi connectivity index (χ1n) is 7.54. The highest BCUT2D eigenvalue weighted by Gasteiger charge is 2.35. The second-order valence-corrected chi connectivity index (χ2v) is 6.42. The predicted molar refractivity (Wildman–Crippen MR) is 94.7 cm³/mol. The maximum Gasteiger partial charge on any atom is 0.270 e. The number of nitrogens with two attached hydrogens (primary N) is 1. The first kappa shape index (κ1) is 16.2. The average Bonchev–Trinajstić information content (AvgIpc) is 3.24. The van der Waals surface area contributed by atoms with Crippen molar-refractivity contribution in [2.75, 3.05) is 12.1 Å². The Kier molecular flexibility index (Phi) is 4.61. The Bertz CT molecular complexity index is 758. The van der Waals surface area contributed by atoms with E-state index in [2.05, 4.69) is 5.10 Å². The quantitative estimate of drug-likeness (QED) is 0.900. The number of anilines is 1. The average molecular weight is 342 g/mol. The fourth-order valence-corrected chi connectivity index (χ4v) is 3.29. The van der Waals surface area contributed by atoms with Crippen LogP contribution in [0.4, 0.5) is 5.69 Å². The van der Waals surface area contributed by atoms with Crippen molar-refractivity contribution in [3.8, 4) is 0 Å². The van der Waals surface area contributed by atoms with Crippen LogP contribution in [0.25, 0.3) is 0 Å². The summed E-state index contributed by atoms with van der Waals surface area (Å²) in [5.74, 6) is -0.684. The zero-order chi connectivity index (χ0) is 17.1. The molecule has 1 aliphatic heterocycles. The summed E-state index contributed by atoms with van der Waals surface area (Å²) in [6.45, 7) is 0.508. The van der Waals surface area contributed by atoms with Gasteiger partial charge in [-0.15, -0.1) is 0 Å². The number of para-hydroxylation sites is 1. The van der Waals surface area contributed by atoms with Crippen LogP contribution in [-0.4, -0.2) is 35.5 Å². The van der Waals surface area contributed by atoms with Crippen LogP contribution in [0.3, 0.4) is 0 Å². The number of benzene rings is 1. The van der Waals surface area contributed by atoms with E-state index in [1.165, 1.54) is 5.01 Å². The molecule has 0 radical (unpaired) electrons. The Morgan fingerprint density at radius 2 is 2.08 bits per heavy atom. The zero-order valence-electron chi connectivity index (χ0n) is 13.3. The third-order valence-electron chi connectivity index (χ3n) is 3.85. The number of amides is 2. The van der Waals surface area contributed by atoms with E-state index in [1.54, 1.807) is 23.3 Å². The minimum atomic E-state index is -0.638. The molecule has 2 heterocycles. The first-order valence-corrected chi connectivity index (χ1v) is 8.48. The van der Waals surface area contributed by atoms with Crippen LogP contribution in [0.5, 0.6) is 0 Å². The topological polar surface area (TPSA) is 79.0 Å². The molecule has 24 heavy (non-hydrogen) atoms. The van der Waals surface area contributed by atoms with E-state index in [-0.39, 0.29) is 12.3 Å². The lowest BCUT2D eigenvalue weighted by atomic mass is 10.1. The highest BCUT2D eigenvalue weighted by molar-refractivity contribution is 7.07. The molecule has 6 nitrogen and oxygen atoms in total. The summed E-state index contributed by atoms with van der Waals surface area (Å²) in [6, 6.07) is 10.6. The maximum absolute atomic E-state index is 12.6. The van der Waals surface area contributed by atoms with Gasteiger partial charge in [-0.1, -0.05) is 18.2 Å². The molecule has 0 aliphatic carbocycles. The second-order valence-electron chi connectivity index (χ2n) is 5.64. The third kappa shape index (κ3) is 3.30. The van der Waals surface area contributed by atoms with Crippen LogP contribution in [-0.2, 0) is 16.1 Å². The molecule has 7 heteroatoms. The van der Waals surface area contributed by atoms with Crippen molar-refractivity contribution in [1.82, 2.24) is 4.90 Å². The number of hydrazone groups is 1. The molecular weight excluding hydrogens is 324 g/mol. The smallest absolute Gasteiger partial charge is 0.270 e. The van der Waals surface area contributed by atoms with E-state index in [9.17, 15) is 9.59 Å². The summed E-state index contributed by atoms with van der Waals surface area (Å²) >= 11 is 1.59. The number of thiophene rings is 1. The van der Waals surface area contributed by atoms with E-state index in [0.717, 1.165) is 11.3 Å². The molecule has 1 unspecified atom stereocenters. The van der Waals surface area contributed by atoms with Gasteiger partial charge in [0.15, 0.2) is 0 Å². The molecule has 0 spiro atoms. The number of rotatable bonds is 5. The molecule has 0 saturated carbocycles. The number of nitrogens with zero attached hydrogens (tertiary/aromatic N) is 3. The number of carbonyl (C=O) groups is 2. The number of carbonyl (C=O) groups excluding carboxylic acids is 2. The van der Waals surface area contributed by atoms with Crippen LogP contribution in [0.15, 0.2) is 52.3 Å². The summed E-state index contributed by atoms with van der Waals surface area (Å²) in [4.78, 5) is 26.0. The Labute approximate surface area is 144 Å². The van der Waals surface area contributed by atoms with Gasteiger partial charge < -0.3 is 10.6 Å². The molecule has 1 atom stereocenters. The van der Waals surface area contributed by atoms with Crippen LogP contribution >= 0.6 is 11.3 Å². The standard InChI is InChI=1S/C17H18N4O2S/c1-20(10-12-7-8-24-11-12)17(23)14-9-15(16(18)22)21(19-14)13-5-3-2-4-6-13/h2-8,11,15H,9-10H2,1H3,(H2,18,22). The minimum Gasteiger partial charge on any atom is -0.368 e. The summed E-state index contributed by atoms with van der Waals surface area (Å²) in [7, 11) is 1.73. The van der Waals surface area contributed by atoms with Gasteiger partial charge in [-0.05, 0) is 34.5 Å². The van der Waals surface area contributed by atoms with Gasteiger partial charge in [0.1, 0.15) is 11.8 Å². The normalized spacial score (nSPS) is 16.8. The lowest BCUT2D eigenvalue weighted by Crippen LogP contribution is -2.40. The maximum atomic E-state index is 12.6. The van der Waals surface area contributed by atoms with Gasteiger partial charge in [0, 0.05) is 20.0 Å². The van der Waals surface area contributed by atoms with Crippen LogP contribution in [0.2, 0.25) is 0 Å². The van der Waals surface area contributed by atoms with E-state index < -0.39 is 11.9 Å². The molecule has 124 valence electrons.